The van der Waals surface area contributed by atoms with Crippen LogP contribution in [0, 0.1) is 0 Å². The molecule has 1 atom stereocenters. The second kappa shape index (κ2) is 10.7. The standard InChI is InChI=1S/C20H22N4S.2ClH/c1-2-5-16(6-3-1)11-20-23-18(15-25-20)14-24-10-9-22-13-19(24)17-7-4-8-21-12-17;;/h1-8,12,15,19,22H,9-11,13-14H2;2*1H. The first kappa shape index (κ1) is 21.8. The van der Waals surface area contributed by atoms with Crippen molar-refractivity contribution in [2.45, 2.75) is 19.0 Å². The molecule has 1 unspecified atom stereocenters. The molecule has 1 N–H and O–H groups in total. The zero-order valence-corrected chi connectivity index (χ0v) is 17.4. The Bertz CT molecular complexity index is 798. The van der Waals surface area contributed by atoms with Gasteiger partial charge < -0.3 is 5.32 Å². The fraction of sp³-hybridized carbons (Fsp3) is 0.300. The van der Waals surface area contributed by atoms with Crippen molar-refractivity contribution in [2.24, 2.45) is 0 Å². The first-order chi connectivity index (χ1) is 12.4. The van der Waals surface area contributed by atoms with E-state index in [-0.39, 0.29) is 24.8 Å². The van der Waals surface area contributed by atoms with Gasteiger partial charge in [-0.2, -0.15) is 0 Å². The van der Waals surface area contributed by atoms with E-state index in [4.69, 9.17) is 4.98 Å². The Morgan fingerprint density at radius 1 is 1.11 bits per heavy atom. The number of pyridine rings is 1. The molecule has 0 bridgehead atoms. The summed E-state index contributed by atoms with van der Waals surface area (Å²) in [6, 6.07) is 15.1. The van der Waals surface area contributed by atoms with Crippen molar-refractivity contribution in [1.29, 1.82) is 0 Å². The molecular formula is C20H24Cl2N4S. The van der Waals surface area contributed by atoms with E-state index >= 15 is 0 Å². The monoisotopic (exact) mass is 422 g/mol. The van der Waals surface area contributed by atoms with Crippen LogP contribution in [0.3, 0.4) is 0 Å². The molecule has 0 aliphatic carbocycles. The molecule has 0 amide bonds. The molecule has 4 nitrogen and oxygen atoms in total. The van der Waals surface area contributed by atoms with Gasteiger partial charge in [0.15, 0.2) is 0 Å². The average molecular weight is 423 g/mol. The Morgan fingerprint density at radius 3 is 2.74 bits per heavy atom. The molecule has 0 saturated carbocycles. The van der Waals surface area contributed by atoms with Crippen LogP contribution in [-0.4, -0.2) is 34.5 Å². The highest BCUT2D eigenvalue weighted by molar-refractivity contribution is 7.09. The van der Waals surface area contributed by atoms with E-state index in [1.807, 2.05) is 18.5 Å². The van der Waals surface area contributed by atoms with E-state index in [1.54, 1.807) is 11.3 Å². The molecule has 1 aliphatic heterocycles. The predicted octanol–water partition coefficient (Wildman–Crippen LogP) is 4.12. The number of nitrogens with zero attached hydrogens (tertiary/aromatic N) is 3. The molecular weight excluding hydrogens is 399 g/mol. The maximum Gasteiger partial charge on any atom is 0.0972 e. The van der Waals surface area contributed by atoms with Gasteiger partial charge in [0.25, 0.3) is 0 Å². The summed E-state index contributed by atoms with van der Waals surface area (Å²) in [5, 5.41) is 6.90. The van der Waals surface area contributed by atoms with Crippen molar-refractivity contribution in [2.75, 3.05) is 19.6 Å². The number of hydrogen-bond acceptors (Lipinski definition) is 5. The molecule has 27 heavy (non-hydrogen) atoms. The lowest BCUT2D eigenvalue weighted by molar-refractivity contribution is 0.152. The summed E-state index contributed by atoms with van der Waals surface area (Å²) in [5.41, 5.74) is 3.76. The van der Waals surface area contributed by atoms with Gasteiger partial charge in [-0.15, -0.1) is 36.2 Å². The van der Waals surface area contributed by atoms with Crippen LogP contribution in [-0.2, 0) is 13.0 Å². The molecule has 0 radical (unpaired) electrons. The number of thiazole rings is 1. The first-order valence-electron chi connectivity index (χ1n) is 8.70. The van der Waals surface area contributed by atoms with Crippen molar-refractivity contribution in [3.05, 3.63) is 82.1 Å². The Labute approximate surface area is 176 Å². The molecule has 3 aromatic rings. The summed E-state index contributed by atoms with van der Waals surface area (Å²) in [4.78, 5) is 11.7. The van der Waals surface area contributed by atoms with E-state index < -0.39 is 0 Å². The largest absolute Gasteiger partial charge is 0.314 e. The Kier molecular flexibility index (Phi) is 8.67. The van der Waals surface area contributed by atoms with Crippen LogP contribution in [0.4, 0.5) is 0 Å². The summed E-state index contributed by atoms with van der Waals surface area (Å²) < 4.78 is 0. The van der Waals surface area contributed by atoms with Gasteiger partial charge in [0, 0.05) is 56.4 Å². The van der Waals surface area contributed by atoms with Gasteiger partial charge in [-0.25, -0.2) is 4.98 Å². The van der Waals surface area contributed by atoms with Crippen molar-refractivity contribution in [1.82, 2.24) is 20.2 Å². The lowest BCUT2D eigenvalue weighted by Gasteiger charge is -2.35. The normalized spacial score (nSPS) is 17.0. The van der Waals surface area contributed by atoms with Crippen LogP contribution in [0.1, 0.15) is 27.9 Å². The third kappa shape index (κ3) is 5.74. The number of halogens is 2. The predicted molar refractivity (Wildman–Crippen MR) is 116 cm³/mol. The zero-order chi connectivity index (χ0) is 16.9. The summed E-state index contributed by atoms with van der Waals surface area (Å²) >= 11 is 1.76. The number of hydrogen-bond donors (Lipinski definition) is 1. The fourth-order valence-corrected chi connectivity index (χ4v) is 4.14. The van der Waals surface area contributed by atoms with E-state index in [0.29, 0.717) is 6.04 Å². The van der Waals surface area contributed by atoms with E-state index in [0.717, 1.165) is 32.6 Å². The van der Waals surface area contributed by atoms with Crippen molar-refractivity contribution < 1.29 is 0 Å². The number of piperazine rings is 1. The Hall–Kier alpha value is -1.50. The van der Waals surface area contributed by atoms with Crippen LogP contribution < -0.4 is 5.32 Å². The van der Waals surface area contributed by atoms with E-state index in [2.05, 4.69) is 57.0 Å². The van der Waals surface area contributed by atoms with Crippen LogP contribution in [0.25, 0.3) is 0 Å². The quantitative estimate of drug-likeness (QED) is 0.671. The SMILES string of the molecule is Cl.Cl.c1ccc(Cc2nc(CN3CCNCC3c3cccnc3)cs2)cc1. The summed E-state index contributed by atoms with van der Waals surface area (Å²) in [6.45, 7) is 3.92. The van der Waals surface area contributed by atoms with Crippen molar-refractivity contribution in [3.63, 3.8) is 0 Å². The molecule has 1 saturated heterocycles. The van der Waals surface area contributed by atoms with Crippen molar-refractivity contribution in [3.8, 4) is 0 Å². The Morgan fingerprint density at radius 2 is 1.96 bits per heavy atom. The second-order valence-electron chi connectivity index (χ2n) is 6.37. The molecule has 1 fully saturated rings. The average Bonchev–Trinajstić information content (AvgIpc) is 3.10. The molecule has 1 aromatic carbocycles. The van der Waals surface area contributed by atoms with Gasteiger partial charge in [-0.05, 0) is 17.2 Å². The third-order valence-corrected chi connectivity index (χ3v) is 5.48. The number of nitrogens with one attached hydrogen (secondary N) is 1. The van der Waals surface area contributed by atoms with Gasteiger partial charge in [-0.1, -0.05) is 36.4 Å². The highest BCUT2D eigenvalue weighted by Gasteiger charge is 2.24. The highest BCUT2D eigenvalue weighted by Crippen LogP contribution is 2.24. The van der Waals surface area contributed by atoms with E-state index in [9.17, 15) is 0 Å². The molecule has 0 spiro atoms. The first-order valence-corrected chi connectivity index (χ1v) is 9.58. The summed E-state index contributed by atoms with van der Waals surface area (Å²) in [5.74, 6) is 0. The fourth-order valence-electron chi connectivity index (χ4n) is 3.32. The van der Waals surface area contributed by atoms with Gasteiger partial charge >= 0.3 is 0 Å². The summed E-state index contributed by atoms with van der Waals surface area (Å²) in [7, 11) is 0. The molecule has 7 heteroatoms. The van der Waals surface area contributed by atoms with Gasteiger partial charge in [-0.3, -0.25) is 9.88 Å². The van der Waals surface area contributed by atoms with Gasteiger partial charge in [0.2, 0.25) is 0 Å². The van der Waals surface area contributed by atoms with Crippen molar-refractivity contribution >= 4 is 36.2 Å². The van der Waals surface area contributed by atoms with Gasteiger partial charge in [0.05, 0.1) is 10.7 Å². The van der Waals surface area contributed by atoms with Crippen LogP contribution >= 0.6 is 36.2 Å². The molecule has 2 aromatic heterocycles. The van der Waals surface area contributed by atoms with E-state index in [1.165, 1.54) is 21.8 Å². The molecule has 3 heterocycles. The molecule has 4 rings (SSSR count). The molecule has 144 valence electrons. The Balaban J connectivity index is 0.00000131. The lowest BCUT2D eigenvalue weighted by atomic mass is 10.1. The minimum atomic E-state index is 0. The zero-order valence-electron chi connectivity index (χ0n) is 15.0. The minimum Gasteiger partial charge on any atom is -0.314 e. The highest BCUT2D eigenvalue weighted by atomic mass is 35.5. The maximum atomic E-state index is 4.87. The van der Waals surface area contributed by atoms with Crippen LogP contribution in [0.2, 0.25) is 0 Å². The van der Waals surface area contributed by atoms with Gasteiger partial charge in [0.1, 0.15) is 0 Å². The number of rotatable bonds is 5. The topological polar surface area (TPSA) is 41.1 Å². The number of benzene rings is 1. The summed E-state index contributed by atoms with van der Waals surface area (Å²) in [6.07, 6.45) is 4.73. The molecule has 1 aliphatic rings. The number of aromatic nitrogens is 2. The lowest BCUT2D eigenvalue weighted by Crippen LogP contribution is -2.45. The van der Waals surface area contributed by atoms with Crippen LogP contribution in [0.5, 0.6) is 0 Å². The smallest absolute Gasteiger partial charge is 0.0972 e. The third-order valence-electron chi connectivity index (χ3n) is 4.59. The second-order valence-corrected chi connectivity index (χ2v) is 7.31. The van der Waals surface area contributed by atoms with Crippen LogP contribution in [0.15, 0.2) is 60.2 Å². The maximum absolute atomic E-state index is 4.87. The minimum absolute atomic E-state index is 0.